The van der Waals surface area contributed by atoms with Crippen LogP contribution in [0.4, 0.5) is 0 Å². The van der Waals surface area contributed by atoms with Gasteiger partial charge in [0.15, 0.2) is 0 Å². The Hall–Kier alpha value is -2.50. The van der Waals surface area contributed by atoms with Gasteiger partial charge in [0.2, 0.25) is 0 Å². The Labute approximate surface area is 156 Å². The van der Waals surface area contributed by atoms with E-state index in [1.165, 1.54) is 0 Å². The zero-order chi connectivity index (χ0) is 17.4. The fourth-order valence-corrected chi connectivity index (χ4v) is 3.18. The second-order valence-corrected chi connectivity index (χ2v) is 6.81. The first-order valence-corrected chi connectivity index (χ1v) is 8.69. The van der Waals surface area contributed by atoms with Crippen molar-refractivity contribution in [3.8, 4) is 17.1 Å². The lowest BCUT2D eigenvalue weighted by atomic mass is 10.2. The second-order valence-electron chi connectivity index (χ2n) is 5.46. The average Bonchev–Trinajstić information content (AvgIpc) is 2.63. The Kier molecular flexibility index (Phi) is 4.11. The van der Waals surface area contributed by atoms with E-state index in [0.29, 0.717) is 27.4 Å². The van der Waals surface area contributed by atoms with Crippen molar-refractivity contribution >= 4 is 38.4 Å². The van der Waals surface area contributed by atoms with Crippen molar-refractivity contribution in [2.24, 2.45) is 0 Å². The number of aromatic nitrogens is 3. The van der Waals surface area contributed by atoms with Crippen LogP contribution in [-0.2, 0) is 0 Å². The number of halogens is 2. The molecule has 0 aliphatic heterocycles. The highest BCUT2D eigenvalue weighted by Gasteiger charge is 2.14. The molecule has 0 bridgehead atoms. The molecule has 0 N–H and O–H groups in total. The molecular weight excluding hydrogens is 402 g/mol. The summed E-state index contributed by atoms with van der Waals surface area (Å²) >= 11 is 9.42. The molecule has 4 rings (SSSR count). The number of para-hydroxylation sites is 1. The molecule has 0 aliphatic carbocycles. The predicted molar refractivity (Wildman–Crippen MR) is 103 cm³/mol. The van der Waals surface area contributed by atoms with Crippen LogP contribution >= 0.6 is 27.5 Å². The van der Waals surface area contributed by atoms with Crippen LogP contribution in [0.5, 0.6) is 0 Å². The number of rotatable bonds is 2. The highest BCUT2D eigenvalue weighted by molar-refractivity contribution is 9.10. The largest absolute Gasteiger partial charge is 0.268 e. The topological polar surface area (TPSA) is 47.8 Å². The first-order chi connectivity index (χ1) is 12.1. The van der Waals surface area contributed by atoms with Gasteiger partial charge < -0.3 is 0 Å². The number of pyridine rings is 1. The van der Waals surface area contributed by atoms with E-state index in [4.69, 9.17) is 16.6 Å². The molecule has 122 valence electrons. The van der Waals surface area contributed by atoms with Crippen molar-refractivity contribution in [2.45, 2.75) is 0 Å². The van der Waals surface area contributed by atoms with Gasteiger partial charge in [0.25, 0.3) is 5.56 Å². The van der Waals surface area contributed by atoms with Crippen molar-refractivity contribution in [1.82, 2.24) is 14.5 Å². The van der Waals surface area contributed by atoms with Gasteiger partial charge in [-0.05, 0) is 58.4 Å². The first kappa shape index (κ1) is 16.0. The van der Waals surface area contributed by atoms with Crippen LogP contribution in [0.3, 0.4) is 0 Å². The number of hydrogen-bond donors (Lipinski definition) is 0. The monoisotopic (exact) mass is 411 g/mol. The molecule has 0 amide bonds. The normalized spacial score (nSPS) is 11.0. The molecule has 2 aromatic heterocycles. The predicted octanol–water partition coefficient (Wildman–Crippen LogP) is 4.86. The zero-order valence-corrected chi connectivity index (χ0v) is 15.2. The second kappa shape index (κ2) is 6.43. The Bertz CT molecular complexity index is 1140. The van der Waals surface area contributed by atoms with Crippen LogP contribution < -0.4 is 5.56 Å². The van der Waals surface area contributed by atoms with Crippen molar-refractivity contribution in [3.63, 3.8) is 0 Å². The summed E-state index contributed by atoms with van der Waals surface area (Å²) < 4.78 is 2.40. The molecule has 0 radical (unpaired) electrons. The molecule has 0 spiro atoms. The Morgan fingerprint density at radius 2 is 1.76 bits per heavy atom. The van der Waals surface area contributed by atoms with E-state index in [-0.39, 0.29) is 5.56 Å². The van der Waals surface area contributed by atoms with Crippen molar-refractivity contribution in [2.75, 3.05) is 0 Å². The summed E-state index contributed by atoms with van der Waals surface area (Å²) in [6.45, 7) is 0. The highest BCUT2D eigenvalue weighted by Crippen LogP contribution is 2.24. The summed E-state index contributed by atoms with van der Waals surface area (Å²) in [4.78, 5) is 22.1. The molecule has 0 unspecified atom stereocenters. The van der Waals surface area contributed by atoms with E-state index >= 15 is 0 Å². The molecule has 0 saturated heterocycles. The minimum atomic E-state index is -0.136. The van der Waals surface area contributed by atoms with Crippen molar-refractivity contribution in [3.05, 3.63) is 86.8 Å². The van der Waals surface area contributed by atoms with Gasteiger partial charge in [-0.15, -0.1) is 0 Å². The van der Waals surface area contributed by atoms with E-state index in [9.17, 15) is 4.79 Å². The van der Waals surface area contributed by atoms with E-state index in [1.807, 2.05) is 24.3 Å². The van der Waals surface area contributed by atoms with Crippen LogP contribution in [0.1, 0.15) is 0 Å². The van der Waals surface area contributed by atoms with Gasteiger partial charge >= 0.3 is 0 Å². The van der Waals surface area contributed by atoms with Crippen molar-refractivity contribution in [1.29, 1.82) is 0 Å². The SMILES string of the molecule is O=c1c2ccccc2nc(-c2cncc(Br)c2)n1-c1ccc(Cl)cc1. The lowest BCUT2D eigenvalue weighted by Gasteiger charge is -2.14. The lowest BCUT2D eigenvalue weighted by molar-refractivity contribution is 0.973. The Balaban J connectivity index is 2.11. The lowest BCUT2D eigenvalue weighted by Crippen LogP contribution is -2.22. The van der Waals surface area contributed by atoms with Crippen LogP contribution in [0.2, 0.25) is 5.02 Å². The standard InChI is InChI=1S/C19H11BrClN3O/c20-13-9-12(10-22-11-13)18-23-17-4-2-1-3-16(17)19(25)24(18)15-7-5-14(21)6-8-15/h1-11H. The van der Waals surface area contributed by atoms with Gasteiger partial charge in [-0.1, -0.05) is 23.7 Å². The molecule has 0 aliphatic rings. The molecule has 4 aromatic rings. The van der Waals surface area contributed by atoms with Gasteiger partial charge in [-0.2, -0.15) is 0 Å². The molecule has 0 fully saturated rings. The van der Waals surface area contributed by atoms with E-state index in [0.717, 1.165) is 10.0 Å². The third-order valence-corrected chi connectivity index (χ3v) is 4.51. The van der Waals surface area contributed by atoms with Gasteiger partial charge in [0.05, 0.1) is 16.6 Å². The Morgan fingerprint density at radius 1 is 1.00 bits per heavy atom. The molecule has 0 saturated carbocycles. The fraction of sp³-hybridized carbons (Fsp3) is 0. The van der Waals surface area contributed by atoms with Crippen LogP contribution in [-0.4, -0.2) is 14.5 Å². The van der Waals surface area contributed by atoms with Gasteiger partial charge in [-0.25, -0.2) is 4.98 Å². The minimum absolute atomic E-state index is 0.136. The number of fused-ring (bicyclic) bond motifs is 1. The maximum absolute atomic E-state index is 13.2. The van der Waals surface area contributed by atoms with E-state index in [2.05, 4.69) is 20.9 Å². The van der Waals surface area contributed by atoms with Crippen LogP contribution in [0.25, 0.3) is 28.0 Å². The number of benzene rings is 2. The third kappa shape index (κ3) is 2.97. The highest BCUT2D eigenvalue weighted by atomic mass is 79.9. The molecule has 6 heteroatoms. The summed E-state index contributed by atoms with van der Waals surface area (Å²) in [5.41, 5.74) is 1.95. The molecule has 4 nitrogen and oxygen atoms in total. The Morgan fingerprint density at radius 3 is 2.52 bits per heavy atom. The smallest absolute Gasteiger partial charge is 0.266 e. The summed E-state index contributed by atoms with van der Waals surface area (Å²) in [7, 11) is 0. The average molecular weight is 413 g/mol. The van der Waals surface area contributed by atoms with Crippen LogP contribution in [0, 0.1) is 0 Å². The molecule has 25 heavy (non-hydrogen) atoms. The van der Waals surface area contributed by atoms with Crippen LogP contribution in [0.15, 0.2) is 76.3 Å². The minimum Gasteiger partial charge on any atom is -0.268 e. The van der Waals surface area contributed by atoms with Crippen molar-refractivity contribution < 1.29 is 0 Å². The summed E-state index contributed by atoms with van der Waals surface area (Å²) in [5.74, 6) is 0.528. The summed E-state index contributed by atoms with van der Waals surface area (Å²) in [6, 6.07) is 16.3. The number of nitrogens with zero attached hydrogens (tertiary/aromatic N) is 3. The fourth-order valence-electron chi connectivity index (χ4n) is 2.69. The van der Waals surface area contributed by atoms with Gasteiger partial charge in [-0.3, -0.25) is 14.3 Å². The zero-order valence-electron chi connectivity index (χ0n) is 12.9. The summed E-state index contributed by atoms with van der Waals surface area (Å²) in [5, 5.41) is 1.17. The first-order valence-electron chi connectivity index (χ1n) is 7.52. The quantitative estimate of drug-likeness (QED) is 0.472. The molecule has 2 aromatic carbocycles. The molecule has 0 atom stereocenters. The van der Waals surface area contributed by atoms with E-state index in [1.54, 1.807) is 47.3 Å². The third-order valence-electron chi connectivity index (χ3n) is 3.82. The summed E-state index contributed by atoms with van der Waals surface area (Å²) in [6.07, 6.45) is 3.38. The number of hydrogen-bond acceptors (Lipinski definition) is 3. The van der Waals surface area contributed by atoms with E-state index < -0.39 is 0 Å². The maximum atomic E-state index is 13.2. The molecular formula is C19H11BrClN3O. The maximum Gasteiger partial charge on any atom is 0.266 e. The van der Waals surface area contributed by atoms with Gasteiger partial charge in [0.1, 0.15) is 5.82 Å². The van der Waals surface area contributed by atoms with Gasteiger partial charge in [0, 0.05) is 27.5 Å². The molecule has 2 heterocycles.